The van der Waals surface area contributed by atoms with E-state index in [0.717, 1.165) is 0 Å². The number of nitrogens with one attached hydrogen (secondary N) is 1. The molecule has 0 spiro atoms. The fraction of sp³-hybridized carbons (Fsp3) is 0.800. The smallest absolute Gasteiger partial charge is 0.315 e. The van der Waals surface area contributed by atoms with Gasteiger partial charge in [0.05, 0.1) is 0 Å². The molecule has 0 bridgehead atoms. The Morgan fingerprint density at radius 1 is 1.58 bits per heavy atom. The van der Waals surface area contributed by atoms with Crippen LogP contribution in [-0.4, -0.2) is 30.2 Å². The van der Waals surface area contributed by atoms with Crippen molar-refractivity contribution in [2.45, 2.75) is 13.1 Å². The Kier molecular flexibility index (Phi) is 3.81. The van der Waals surface area contributed by atoms with Crippen molar-refractivity contribution in [1.29, 1.82) is 0 Å². The van der Waals surface area contributed by atoms with E-state index in [1.54, 1.807) is 5.43 Å². The summed E-state index contributed by atoms with van der Waals surface area (Å²) in [6, 6.07) is -0.935. The lowest BCUT2D eigenvalue weighted by molar-refractivity contribution is -0.139. The van der Waals surface area contributed by atoms with Gasteiger partial charge in [-0.15, -0.1) is 0 Å². The van der Waals surface area contributed by atoms with E-state index < -0.39 is 18.8 Å². The van der Waals surface area contributed by atoms with Gasteiger partial charge in [-0.1, -0.05) is 0 Å². The normalized spacial score (nSPS) is 11.1. The highest BCUT2D eigenvalue weighted by Gasteiger charge is 2.31. The van der Waals surface area contributed by atoms with Gasteiger partial charge in [0, 0.05) is 6.54 Å². The van der Waals surface area contributed by atoms with Crippen LogP contribution in [-0.2, 0) is 0 Å². The number of hydrazine groups is 1. The van der Waals surface area contributed by atoms with Crippen LogP contribution in [0.1, 0.15) is 6.92 Å². The van der Waals surface area contributed by atoms with E-state index in [-0.39, 0.29) is 6.54 Å². The summed E-state index contributed by atoms with van der Waals surface area (Å²) < 4.78 is 35.2. The summed E-state index contributed by atoms with van der Waals surface area (Å²) >= 11 is 0. The molecule has 2 amide bonds. The predicted octanol–water partition coefficient (Wildman–Crippen LogP) is 0.454. The van der Waals surface area contributed by atoms with Crippen LogP contribution in [0.2, 0.25) is 0 Å². The van der Waals surface area contributed by atoms with E-state index in [1.165, 1.54) is 6.92 Å². The molecule has 0 saturated heterocycles. The molecule has 0 fully saturated rings. The minimum atomic E-state index is -4.39. The van der Waals surface area contributed by atoms with Gasteiger partial charge in [0.15, 0.2) is 0 Å². The van der Waals surface area contributed by atoms with Gasteiger partial charge < -0.3 is 4.90 Å². The summed E-state index contributed by atoms with van der Waals surface area (Å²) in [5.41, 5.74) is 1.63. The fourth-order valence-corrected chi connectivity index (χ4v) is 0.635. The quantitative estimate of drug-likeness (QED) is 0.373. The molecule has 0 aromatic carbocycles. The average Bonchev–Trinajstić information content (AvgIpc) is 1.97. The maximum Gasteiger partial charge on any atom is 0.406 e. The summed E-state index contributed by atoms with van der Waals surface area (Å²) in [6.45, 7) is 0.107. The minimum absolute atomic E-state index is 0.0391. The number of urea groups is 1. The van der Waals surface area contributed by atoms with Gasteiger partial charge in [-0.05, 0) is 6.92 Å². The third kappa shape index (κ3) is 4.02. The summed E-state index contributed by atoms with van der Waals surface area (Å²) in [5.74, 6) is 4.66. The predicted molar refractivity (Wildman–Crippen MR) is 36.0 cm³/mol. The van der Waals surface area contributed by atoms with Crippen LogP contribution in [0.5, 0.6) is 0 Å². The second-order valence-electron chi connectivity index (χ2n) is 2.08. The zero-order chi connectivity index (χ0) is 9.78. The molecule has 0 aliphatic carbocycles. The van der Waals surface area contributed by atoms with Crippen LogP contribution in [0.3, 0.4) is 0 Å². The Morgan fingerprint density at radius 2 is 2.08 bits per heavy atom. The zero-order valence-corrected chi connectivity index (χ0v) is 6.48. The lowest BCUT2D eigenvalue weighted by atomic mass is 10.5. The average molecular weight is 185 g/mol. The van der Waals surface area contributed by atoms with Gasteiger partial charge in [0.2, 0.25) is 0 Å². The zero-order valence-electron chi connectivity index (χ0n) is 6.48. The molecule has 3 N–H and O–H groups in total. The van der Waals surface area contributed by atoms with Crippen LogP contribution in [0.15, 0.2) is 0 Å². The fourth-order valence-electron chi connectivity index (χ4n) is 0.635. The molecule has 0 saturated carbocycles. The number of carbonyl (C=O) groups is 1. The first-order valence-corrected chi connectivity index (χ1v) is 3.23. The van der Waals surface area contributed by atoms with Gasteiger partial charge in [-0.25, -0.2) is 10.6 Å². The Morgan fingerprint density at radius 3 is 2.33 bits per heavy atom. The first kappa shape index (κ1) is 11.0. The molecule has 0 heterocycles. The van der Waals surface area contributed by atoms with Crippen molar-refractivity contribution in [3.05, 3.63) is 0 Å². The Labute approximate surface area is 67.5 Å². The number of hydrogen-bond acceptors (Lipinski definition) is 2. The summed E-state index contributed by atoms with van der Waals surface area (Å²) in [6.07, 6.45) is -4.39. The molecule has 0 radical (unpaired) electrons. The van der Waals surface area contributed by atoms with Crippen molar-refractivity contribution >= 4 is 6.03 Å². The number of nitrogens with two attached hydrogens (primary N) is 1. The molecule has 0 atom stereocenters. The van der Waals surface area contributed by atoms with Gasteiger partial charge >= 0.3 is 12.2 Å². The highest BCUT2D eigenvalue weighted by atomic mass is 19.4. The molecule has 0 aliphatic rings. The number of amides is 2. The van der Waals surface area contributed by atoms with Crippen molar-refractivity contribution < 1.29 is 18.0 Å². The van der Waals surface area contributed by atoms with Crippen molar-refractivity contribution in [3.63, 3.8) is 0 Å². The van der Waals surface area contributed by atoms with Gasteiger partial charge in [0.1, 0.15) is 6.54 Å². The largest absolute Gasteiger partial charge is 0.406 e. The van der Waals surface area contributed by atoms with E-state index in [1.807, 2.05) is 0 Å². The maximum atomic E-state index is 11.7. The molecule has 0 aromatic heterocycles. The van der Waals surface area contributed by atoms with Crippen molar-refractivity contribution in [2.24, 2.45) is 5.84 Å². The molecular formula is C5H10F3N3O. The highest BCUT2D eigenvalue weighted by molar-refractivity contribution is 5.73. The van der Waals surface area contributed by atoms with Crippen molar-refractivity contribution in [2.75, 3.05) is 13.1 Å². The monoisotopic (exact) mass is 185 g/mol. The molecule has 0 aliphatic heterocycles. The van der Waals surface area contributed by atoms with Gasteiger partial charge in [0.25, 0.3) is 0 Å². The lowest BCUT2D eigenvalue weighted by Gasteiger charge is -2.21. The number of rotatable bonds is 2. The van der Waals surface area contributed by atoms with Crippen LogP contribution < -0.4 is 11.3 Å². The molecule has 7 heteroatoms. The van der Waals surface area contributed by atoms with Crippen LogP contribution in [0.25, 0.3) is 0 Å². The van der Waals surface area contributed by atoms with E-state index in [0.29, 0.717) is 4.90 Å². The van der Waals surface area contributed by atoms with Crippen LogP contribution >= 0.6 is 0 Å². The molecule has 0 unspecified atom stereocenters. The summed E-state index contributed by atoms with van der Waals surface area (Å²) in [4.78, 5) is 11.2. The van der Waals surface area contributed by atoms with Crippen LogP contribution in [0, 0.1) is 0 Å². The van der Waals surface area contributed by atoms with E-state index in [2.05, 4.69) is 5.84 Å². The number of alkyl halides is 3. The molecule has 0 rings (SSSR count). The summed E-state index contributed by atoms with van der Waals surface area (Å²) in [5, 5.41) is 0. The third-order valence-corrected chi connectivity index (χ3v) is 1.16. The Bertz CT molecular complexity index is 159. The van der Waals surface area contributed by atoms with E-state index >= 15 is 0 Å². The topological polar surface area (TPSA) is 58.4 Å². The number of hydrogen-bond donors (Lipinski definition) is 2. The standard InChI is InChI=1S/C5H10F3N3O/c1-2-11(4(12)10-9)3-5(6,7)8/h2-3,9H2,1H3,(H,10,12). The molecular weight excluding hydrogens is 175 g/mol. The van der Waals surface area contributed by atoms with Crippen molar-refractivity contribution in [1.82, 2.24) is 10.3 Å². The number of nitrogens with zero attached hydrogens (tertiary/aromatic N) is 1. The highest BCUT2D eigenvalue weighted by Crippen LogP contribution is 2.15. The molecule has 72 valence electrons. The first-order valence-electron chi connectivity index (χ1n) is 3.23. The SMILES string of the molecule is CCN(CC(F)(F)F)C(=O)NN. The third-order valence-electron chi connectivity index (χ3n) is 1.16. The summed E-state index contributed by atoms with van der Waals surface area (Å²) in [7, 11) is 0. The van der Waals surface area contributed by atoms with E-state index in [4.69, 9.17) is 0 Å². The van der Waals surface area contributed by atoms with E-state index in [9.17, 15) is 18.0 Å². The first-order chi connectivity index (χ1) is 5.40. The van der Waals surface area contributed by atoms with Crippen molar-refractivity contribution in [3.8, 4) is 0 Å². The maximum absolute atomic E-state index is 11.7. The molecule has 12 heavy (non-hydrogen) atoms. The van der Waals surface area contributed by atoms with Gasteiger partial charge in [-0.2, -0.15) is 13.2 Å². The number of carbonyl (C=O) groups excluding carboxylic acids is 1. The minimum Gasteiger partial charge on any atom is -0.315 e. The number of halogens is 3. The lowest BCUT2D eigenvalue weighted by Crippen LogP contribution is -2.47. The Hall–Kier alpha value is -0.980. The molecule has 0 aromatic rings. The second-order valence-corrected chi connectivity index (χ2v) is 2.08. The van der Waals surface area contributed by atoms with Gasteiger partial charge in [-0.3, -0.25) is 5.43 Å². The Balaban J connectivity index is 4.09. The molecule has 4 nitrogen and oxygen atoms in total. The second kappa shape index (κ2) is 4.15. The van der Waals surface area contributed by atoms with Crippen LogP contribution in [0.4, 0.5) is 18.0 Å².